The van der Waals surface area contributed by atoms with Crippen LogP contribution < -0.4 is 5.32 Å². The van der Waals surface area contributed by atoms with Crippen LogP contribution in [-0.2, 0) is 14.3 Å². The van der Waals surface area contributed by atoms with E-state index in [2.05, 4.69) is 5.32 Å². The second kappa shape index (κ2) is 8.28. The first-order valence-electron chi connectivity index (χ1n) is 8.75. The van der Waals surface area contributed by atoms with E-state index in [4.69, 9.17) is 4.74 Å². The van der Waals surface area contributed by atoms with Crippen molar-refractivity contribution in [3.8, 4) is 0 Å². The molecular formula is C18H21N3O6. The van der Waals surface area contributed by atoms with E-state index in [1.807, 2.05) is 4.90 Å². The number of morpholine rings is 1. The second-order valence-corrected chi connectivity index (χ2v) is 6.45. The van der Waals surface area contributed by atoms with E-state index in [9.17, 15) is 24.3 Å². The van der Waals surface area contributed by atoms with Crippen molar-refractivity contribution >= 4 is 23.7 Å². The summed E-state index contributed by atoms with van der Waals surface area (Å²) >= 11 is 0. The van der Waals surface area contributed by atoms with E-state index in [1.165, 1.54) is 18.2 Å². The predicted octanol–water partition coefficient (Wildman–Crippen LogP) is -0.0781. The molecule has 2 aliphatic rings. The lowest BCUT2D eigenvalue weighted by molar-refractivity contribution is -0.153. The van der Waals surface area contributed by atoms with Crippen LogP contribution in [-0.4, -0.2) is 77.6 Å². The molecular weight excluding hydrogens is 354 g/mol. The molecule has 144 valence electrons. The van der Waals surface area contributed by atoms with E-state index in [1.54, 1.807) is 6.07 Å². The number of carboxylic acid groups (broad SMARTS) is 1. The summed E-state index contributed by atoms with van der Waals surface area (Å²) in [7, 11) is 0. The number of amides is 3. The van der Waals surface area contributed by atoms with Crippen LogP contribution in [0.2, 0.25) is 0 Å². The number of carboxylic acids is 1. The molecule has 0 bridgehead atoms. The lowest BCUT2D eigenvalue weighted by Crippen LogP contribution is -2.57. The molecule has 0 aliphatic carbocycles. The number of imide groups is 1. The van der Waals surface area contributed by atoms with Crippen LogP contribution in [0, 0.1) is 0 Å². The molecule has 27 heavy (non-hydrogen) atoms. The molecule has 1 unspecified atom stereocenters. The smallest absolute Gasteiger partial charge is 0.336 e. The summed E-state index contributed by atoms with van der Waals surface area (Å²) in [6.07, 6.45) is 0.333. The Balaban J connectivity index is 1.69. The van der Waals surface area contributed by atoms with Gasteiger partial charge in [0, 0.05) is 19.5 Å². The quantitative estimate of drug-likeness (QED) is 0.692. The van der Waals surface area contributed by atoms with Gasteiger partial charge in [-0.2, -0.15) is 0 Å². The maximum Gasteiger partial charge on any atom is 0.336 e. The van der Waals surface area contributed by atoms with Crippen molar-refractivity contribution in [3.63, 3.8) is 0 Å². The maximum atomic E-state index is 12.7. The van der Waals surface area contributed by atoms with Crippen molar-refractivity contribution < 1.29 is 29.0 Å². The fourth-order valence-electron chi connectivity index (χ4n) is 3.17. The number of carbonyl (C=O) groups excluding carboxylic acids is 3. The number of ether oxygens (including phenoxy) is 1. The van der Waals surface area contributed by atoms with Gasteiger partial charge in [0.05, 0.1) is 31.0 Å². The fraction of sp³-hybridized carbons (Fsp3) is 0.444. The zero-order valence-corrected chi connectivity index (χ0v) is 14.7. The van der Waals surface area contributed by atoms with Gasteiger partial charge in [-0.25, -0.2) is 4.79 Å². The van der Waals surface area contributed by atoms with Crippen LogP contribution in [0.3, 0.4) is 0 Å². The summed E-state index contributed by atoms with van der Waals surface area (Å²) in [6, 6.07) is 4.93. The molecule has 1 aromatic carbocycles. The van der Waals surface area contributed by atoms with E-state index in [-0.39, 0.29) is 36.5 Å². The highest BCUT2D eigenvalue weighted by Gasteiger charge is 2.36. The second-order valence-electron chi connectivity index (χ2n) is 6.45. The summed E-state index contributed by atoms with van der Waals surface area (Å²) in [5.41, 5.74) is -0.158. The number of hydrogen-bond acceptors (Lipinski definition) is 6. The van der Waals surface area contributed by atoms with Gasteiger partial charge in [-0.15, -0.1) is 0 Å². The number of nitrogens with zero attached hydrogens (tertiary/aromatic N) is 2. The number of likely N-dealkylation sites (tertiary alicyclic amines) is 1. The van der Waals surface area contributed by atoms with Crippen molar-refractivity contribution in [2.45, 2.75) is 18.9 Å². The molecule has 2 saturated heterocycles. The minimum absolute atomic E-state index is 0.0190. The van der Waals surface area contributed by atoms with Crippen molar-refractivity contribution in [3.05, 3.63) is 35.4 Å². The molecule has 1 atom stereocenters. The number of hydrogen-bond donors (Lipinski definition) is 2. The van der Waals surface area contributed by atoms with E-state index < -0.39 is 23.8 Å². The molecule has 0 aromatic heterocycles. The van der Waals surface area contributed by atoms with Gasteiger partial charge in [-0.05, 0) is 18.6 Å². The van der Waals surface area contributed by atoms with Gasteiger partial charge in [0.1, 0.15) is 6.04 Å². The third kappa shape index (κ3) is 4.32. The molecule has 3 rings (SSSR count). The minimum Gasteiger partial charge on any atom is -0.478 e. The van der Waals surface area contributed by atoms with E-state index >= 15 is 0 Å². The lowest BCUT2D eigenvalue weighted by Gasteiger charge is -2.36. The highest BCUT2D eigenvalue weighted by Crippen LogP contribution is 2.16. The molecule has 9 heteroatoms. The largest absolute Gasteiger partial charge is 0.478 e. The van der Waals surface area contributed by atoms with Crippen LogP contribution in [0.15, 0.2) is 24.3 Å². The molecule has 9 nitrogen and oxygen atoms in total. The maximum absolute atomic E-state index is 12.7. The van der Waals surface area contributed by atoms with Gasteiger partial charge in [-0.3, -0.25) is 24.2 Å². The van der Waals surface area contributed by atoms with Crippen molar-refractivity contribution in [1.29, 1.82) is 0 Å². The summed E-state index contributed by atoms with van der Waals surface area (Å²) in [4.78, 5) is 51.8. The van der Waals surface area contributed by atoms with Gasteiger partial charge in [0.15, 0.2) is 0 Å². The highest BCUT2D eigenvalue weighted by molar-refractivity contribution is 6.07. The SMILES string of the molecule is O=C(O)c1ccccc1C(=O)NC1CCC(=O)N(CN2CCOCC2)C1=O. The van der Waals surface area contributed by atoms with Gasteiger partial charge in [0.25, 0.3) is 11.8 Å². The van der Waals surface area contributed by atoms with Crippen molar-refractivity contribution in [2.75, 3.05) is 33.0 Å². The summed E-state index contributed by atoms with van der Waals surface area (Å²) in [5.74, 6) is -2.62. The van der Waals surface area contributed by atoms with Crippen LogP contribution >= 0.6 is 0 Å². The molecule has 2 heterocycles. The monoisotopic (exact) mass is 375 g/mol. The van der Waals surface area contributed by atoms with Crippen molar-refractivity contribution in [1.82, 2.24) is 15.1 Å². The number of aromatic carboxylic acids is 1. The van der Waals surface area contributed by atoms with E-state index in [0.717, 1.165) is 4.90 Å². The topological polar surface area (TPSA) is 116 Å². The summed E-state index contributed by atoms with van der Waals surface area (Å²) in [6.45, 7) is 2.50. The molecule has 0 radical (unpaired) electrons. The first-order chi connectivity index (χ1) is 13.0. The Morgan fingerprint density at radius 2 is 1.81 bits per heavy atom. The molecule has 0 saturated carbocycles. The highest BCUT2D eigenvalue weighted by atomic mass is 16.5. The summed E-state index contributed by atoms with van der Waals surface area (Å²) in [5, 5.41) is 11.8. The zero-order valence-electron chi connectivity index (χ0n) is 14.7. The van der Waals surface area contributed by atoms with Crippen LogP contribution in [0.1, 0.15) is 33.6 Å². The predicted molar refractivity (Wildman–Crippen MR) is 93.0 cm³/mol. The first kappa shape index (κ1) is 19.0. The number of carbonyl (C=O) groups is 4. The van der Waals surface area contributed by atoms with Gasteiger partial charge < -0.3 is 15.2 Å². The Hall–Kier alpha value is -2.78. The average molecular weight is 375 g/mol. The van der Waals surface area contributed by atoms with Crippen LogP contribution in [0.5, 0.6) is 0 Å². The third-order valence-corrected chi connectivity index (χ3v) is 4.66. The van der Waals surface area contributed by atoms with Crippen LogP contribution in [0.4, 0.5) is 0 Å². The lowest BCUT2D eigenvalue weighted by atomic mass is 10.0. The van der Waals surface area contributed by atoms with Gasteiger partial charge in [-0.1, -0.05) is 12.1 Å². The number of nitrogens with one attached hydrogen (secondary N) is 1. The Morgan fingerprint density at radius 3 is 2.48 bits per heavy atom. The Labute approximate surface area is 155 Å². The van der Waals surface area contributed by atoms with E-state index in [0.29, 0.717) is 26.3 Å². The van der Waals surface area contributed by atoms with Gasteiger partial charge in [0.2, 0.25) is 5.91 Å². The standard InChI is InChI=1S/C18H21N3O6/c22-15-6-5-14(17(24)21(15)11-20-7-9-27-10-8-20)19-16(23)12-3-1-2-4-13(12)18(25)26/h1-4,14H,5-11H2,(H,19,23)(H,25,26). The molecule has 3 amide bonds. The zero-order chi connectivity index (χ0) is 19.4. The number of benzene rings is 1. The third-order valence-electron chi connectivity index (χ3n) is 4.66. The first-order valence-corrected chi connectivity index (χ1v) is 8.75. The Morgan fingerprint density at radius 1 is 1.15 bits per heavy atom. The Kier molecular flexibility index (Phi) is 5.82. The minimum atomic E-state index is -1.22. The van der Waals surface area contributed by atoms with Crippen LogP contribution in [0.25, 0.3) is 0 Å². The fourth-order valence-corrected chi connectivity index (χ4v) is 3.17. The average Bonchev–Trinajstić information content (AvgIpc) is 2.68. The van der Waals surface area contributed by atoms with Gasteiger partial charge >= 0.3 is 5.97 Å². The normalized spacial score (nSPS) is 21.2. The number of piperidine rings is 1. The van der Waals surface area contributed by atoms with Crippen molar-refractivity contribution in [2.24, 2.45) is 0 Å². The molecule has 1 aromatic rings. The Bertz CT molecular complexity index is 759. The molecule has 2 fully saturated rings. The number of rotatable bonds is 5. The summed E-state index contributed by atoms with van der Waals surface area (Å²) < 4.78 is 5.26. The molecule has 2 N–H and O–H groups in total. The molecule has 0 spiro atoms. The molecule has 2 aliphatic heterocycles.